The second-order valence-corrected chi connectivity index (χ2v) is 7.44. The minimum absolute atomic E-state index is 0.127. The van der Waals surface area contributed by atoms with Crippen molar-refractivity contribution in [1.82, 2.24) is 4.90 Å². The summed E-state index contributed by atoms with van der Waals surface area (Å²) in [5, 5.41) is 4.52. The maximum atomic E-state index is 12.9. The van der Waals surface area contributed by atoms with Gasteiger partial charge in [-0.15, -0.1) is 0 Å². The molecule has 0 saturated heterocycles. The molecule has 3 aromatic carbocycles. The van der Waals surface area contributed by atoms with E-state index in [-0.39, 0.29) is 30.7 Å². The molecule has 29 heavy (non-hydrogen) atoms. The van der Waals surface area contributed by atoms with E-state index in [0.717, 1.165) is 22.2 Å². The summed E-state index contributed by atoms with van der Waals surface area (Å²) in [5.74, 6) is -0.721. The Morgan fingerprint density at radius 3 is 2.24 bits per heavy atom. The van der Waals surface area contributed by atoms with Gasteiger partial charge in [-0.05, 0) is 55.0 Å². The quantitative estimate of drug-likeness (QED) is 0.658. The highest BCUT2D eigenvalue weighted by Gasteiger charge is 2.32. The third kappa shape index (κ3) is 3.51. The van der Waals surface area contributed by atoms with Gasteiger partial charge >= 0.3 is 0 Å². The molecule has 0 fully saturated rings. The lowest BCUT2D eigenvalue weighted by Gasteiger charge is -2.27. The summed E-state index contributed by atoms with van der Waals surface area (Å²) >= 11 is 0. The summed E-state index contributed by atoms with van der Waals surface area (Å²) in [6.45, 7) is 4.13. The van der Waals surface area contributed by atoms with Crippen molar-refractivity contribution in [2.75, 3.05) is 11.9 Å². The Morgan fingerprint density at radius 1 is 0.931 bits per heavy atom. The highest BCUT2D eigenvalue weighted by molar-refractivity contribution is 6.25. The Kier molecular flexibility index (Phi) is 4.89. The van der Waals surface area contributed by atoms with Crippen molar-refractivity contribution in [3.05, 3.63) is 76.9 Å². The monoisotopic (exact) mass is 386 g/mol. The maximum Gasteiger partial charge on any atom is 0.261 e. The van der Waals surface area contributed by atoms with Gasteiger partial charge in [0.1, 0.15) is 0 Å². The molecule has 0 saturated carbocycles. The number of nitrogens with zero attached hydrogens (tertiary/aromatic N) is 1. The fraction of sp³-hybridized carbons (Fsp3) is 0.208. The first-order valence-corrected chi connectivity index (χ1v) is 9.71. The predicted octanol–water partition coefficient (Wildman–Crippen LogP) is 4.47. The second-order valence-electron chi connectivity index (χ2n) is 7.44. The number of carbonyl (C=O) groups is 3. The van der Waals surface area contributed by atoms with Crippen molar-refractivity contribution in [1.29, 1.82) is 0 Å². The van der Waals surface area contributed by atoms with Gasteiger partial charge in [0.05, 0.1) is 0 Å². The third-order valence-electron chi connectivity index (χ3n) is 5.31. The van der Waals surface area contributed by atoms with Crippen LogP contribution in [0.25, 0.3) is 10.8 Å². The summed E-state index contributed by atoms with van der Waals surface area (Å²) in [5.41, 5.74) is 3.94. The van der Waals surface area contributed by atoms with Gasteiger partial charge < -0.3 is 5.32 Å². The number of benzene rings is 3. The van der Waals surface area contributed by atoms with Crippen LogP contribution in [0.15, 0.2) is 54.6 Å². The molecule has 3 amide bonds. The molecule has 0 radical (unpaired) electrons. The van der Waals surface area contributed by atoms with Crippen LogP contribution in [0.4, 0.5) is 5.69 Å². The Hall–Kier alpha value is -3.47. The van der Waals surface area contributed by atoms with Crippen molar-refractivity contribution in [2.24, 2.45) is 0 Å². The summed E-state index contributed by atoms with van der Waals surface area (Å²) < 4.78 is 0. The molecular weight excluding hydrogens is 364 g/mol. The van der Waals surface area contributed by atoms with E-state index in [1.807, 2.05) is 56.3 Å². The highest BCUT2D eigenvalue weighted by Crippen LogP contribution is 2.30. The standard InChI is InChI=1S/C24H22N2O3/c1-15-11-12-16(2)20(14-15)25-21(27)10-5-13-26-23(28)18-8-3-6-17-7-4-9-19(22(17)18)24(26)29/h3-4,6-9,11-12,14H,5,10,13H2,1-2H3,(H,25,27). The lowest BCUT2D eigenvalue weighted by atomic mass is 9.94. The van der Waals surface area contributed by atoms with Crippen LogP contribution in [0, 0.1) is 13.8 Å². The van der Waals surface area contributed by atoms with Crippen molar-refractivity contribution < 1.29 is 14.4 Å². The topological polar surface area (TPSA) is 66.5 Å². The van der Waals surface area contributed by atoms with Gasteiger partial charge in [0.15, 0.2) is 0 Å². The molecule has 0 aromatic heterocycles. The van der Waals surface area contributed by atoms with E-state index >= 15 is 0 Å². The van der Waals surface area contributed by atoms with E-state index in [1.165, 1.54) is 4.90 Å². The van der Waals surface area contributed by atoms with Gasteiger partial charge in [-0.2, -0.15) is 0 Å². The van der Waals surface area contributed by atoms with Gasteiger partial charge in [-0.3, -0.25) is 19.3 Å². The smallest absolute Gasteiger partial charge is 0.261 e. The zero-order valence-electron chi connectivity index (χ0n) is 16.5. The fourth-order valence-corrected chi connectivity index (χ4v) is 3.76. The minimum Gasteiger partial charge on any atom is -0.326 e. The molecular formula is C24H22N2O3. The molecule has 4 rings (SSSR count). The number of rotatable bonds is 5. The lowest BCUT2D eigenvalue weighted by molar-refractivity contribution is -0.116. The third-order valence-corrected chi connectivity index (χ3v) is 5.31. The zero-order chi connectivity index (χ0) is 20.5. The molecule has 0 bridgehead atoms. The first-order chi connectivity index (χ1) is 14.0. The van der Waals surface area contributed by atoms with Gasteiger partial charge in [0.2, 0.25) is 5.91 Å². The van der Waals surface area contributed by atoms with E-state index in [1.54, 1.807) is 12.1 Å². The molecule has 5 heteroatoms. The lowest BCUT2D eigenvalue weighted by Crippen LogP contribution is -2.41. The Balaban J connectivity index is 1.44. The molecule has 146 valence electrons. The van der Waals surface area contributed by atoms with Gasteiger partial charge in [0.25, 0.3) is 11.8 Å². The Morgan fingerprint density at radius 2 is 1.59 bits per heavy atom. The molecule has 1 aliphatic rings. The minimum atomic E-state index is -0.297. The maximum absolute atomic E-state index is 12.9. The number of amides is 3. The first kappa shape index (κ1) is 18.9. The fourth-order valence-electron chi connectivity index (χ4n) is 3.76. The molecule has 1 aliphatic heterocycles. The van der Waals surface area contributed by atoms with Crippen LogP contribution in [0.2, 0.25) is 0 Å². The molecule has 1 N–H and O–H groups in total. The number of nitrogens with one attached hydrogen (secondary N) is 1. The summed E-state index contributed by atoms with van der Waals surface area (Å²) in [6, 6.07) is 16.8. The summed E-state index contributed by atoms with van der Waals surface area (Å²) in [4.78, 5) is 39.3. The highest BCUT2D eigenvalue weighted by atomic mass is 16.2. The van der Waals surface area contributed by atoms with Crippen LogP contribution < -0.4 is 5.32 Å². The Labute approximate surface area is 169 Å². The van der Waals surface area contributed by atoms with E-state index < -0.39 is 0 Å². The number of carbonyl (C=O) groups excluding carboxylic acids is 3. The summed E-state index contributed by atoms with van der Waals surface area (Å²) in [7, 11) is 0. The largest absolute Gasteiger partial charge is 0.326 e. The van der Waals surface area contributed by atoms with Crippen LogP contribution in [0.5, 0.6) is 0 Å². The van der Waals surface area contributed by atoms with Crippen molar-refractivity contribution >= 4 is 34.2 Å². The predicted molar refractivity (Wildman–Crippen MR) is 113 cm³/mol. The number of hydrogen-bond donors (Lipinski definition) is 1. The van der Waals surface area contributed by atoms with E-state index in [4.69, 9.17) is 0 Å². The molecule has 1 heterocycles. The van der Waals surface area contributed by atoms with Crippen LogP contribution in [-0.2, 0) is 4.79 Å². The SMILES string of the molecule is Cc1ccc(C)c(NC(=O)CCCN2C(=O)c3cccc4cccc(c34)C2=O)c1. The van der Waals surface area contributed by atoms with E-state index in [2.05, 4.69) is 5.32 Å². The van der Waals surface area contributed by atoms with Gasteiger partial charge in [-0.1, -0.05) is 36.4 Å². The van der Waals surface area contributed by atoms with Crippen molar-refractivity contribution in [3.63, 3.8) is 0 Å². The van der Waals surface area contributed by atoms with Crippen molar-refractivity contribution in [2.45, 2.75) is 26.7 Å². The number of hydrogen-bond acceptors (Lipinski definition) is 3. The molecule has 3 aromatic rings. The van der Waals surface area contributed by atoms with Crippen LogP contribution >= 0.6 is 0 Å². The van der Waals surface area contributed by atoms with Crippen LogP contribution in [0.1, 0.15) is 44.7 Å². The average molecular weight is 386 g/mol. The molecule has 5 nitrogen and oxygen atoms in total. The van der Waals surface area contributed by atoms with Crippen LogP contribution in [0.3, 0.4) is 0 Å². The zero-order valence-corrected chi connectivity index (χ0v) is 16.5. The summed E-state index contributed by atoms with van der Waals surface area (Å²) in [6.07, 6.45) is 0.641. The van der Waals surface area contributed by atoms with Gasteiger partial charge in [-0.25, -0.2) is 0 Å². The number of anilines is 1. The average Bonchev–Trinajstić information content (AvgIpc) is 2.71. The number of imide groups is 1. The normalized spacial score (nSPS) is 13.1. The van der Waals surface area contributed by atoms with Gasteiger partial charge in [0, 0.05) is 35.2 Å². The number of aryl methyl sites for hydroxylation is 2. The van der Waals surface area contributed by atoms with Crippen molar-refractivity contribution in [3.8, 4) is 0 Å². The molecule has 0 spiro atoms. The van der Waals surface area contributed by atoms with Crippen LogP contribution in [-0.4, -0.2) is 29.2 Å². The molecule has 0 aliphatic carbocycles. The molecule has 0 atom stereocenters. The molecule has 0 unspecified atom stereocenters. The van der Waals surface area contributed by atoms with E-state index in [9.17, 15) is 14.4 Å². The van der Waals surface area contributed by atoms with E-state index in [0.29, 0.717) is 22.9 Å². The second kappa shape index (κ2) is 7.51. The first-order valence-electron chi connectivity index (χ1n) is 9.71. The Bertz CT molecular complexity index is 1100.